The normalized spacial score (nSPS) is 26.1. The van der Waals surface area contributed by atoms with Crippen molar-refractivity contribution in [3.63, 3.8) is 0 Å². The predicted molar refractivity (Wildman–Crippen MR) is 90.1 cm³/mol. The van der Waals surface area contributed by atoms with Crippen LogP contribution in [0.4, 0.5) is 0 Å². The van der Waals surface area contributed by atoms with Gasteiger partial charge in [0.15, 0.2) is 0 Å². The monoisotopic (exact) mass is 327 g/mol. The summed E-state index contributed by atoms with van der Waals surface area (Å²) in [5.41, 5.74) is 1.48. The first kappa shape index (κ1) is 16.5. The zero-order valence-electron chi connectivity index (χ0n) is 13.4. The minimum Gasteiger partial charge on any atom is -0.497 e. The van der Waals surface area contributed by atoms with Gasteiger partial charge in [-0.05, 0) is 36.2 Å². The Morgan fingerprint density at radius 1 is 1.08 bits per heavy atom. The fourth-order valence-corrected chi connectivity index (χ4v) is 3.23. The van der Waals surface area contributed by atoms with E-state index >= 15 is 0 Å². The van der Waals surface area contributed by atoms with E-state index in [-0.39, 0.29) is 11.8 Å². The van der Waals surface area contributed by atoms with E-state index in [0.29, 0.717) is 12.0 Å². The molecule has 3 rings (SSSR count). The number of aliphatic hydroxyl groups excluding tert-OH is 2. The minimum absolute atomic E-state index is 0.159. The predicted octanol–water partition coefficient (Wildman–Crippen LogP) is 1.70. The number of aliphatic hydroxyl groups is 2. The summed E-state index contributed by atoms with van der Waals surface area (Å²) in [7, 11) is 1.60. The van der Waals surface area contributed by atoms with Crippen molar-refractivity contribution in [1.29, 1.82) is 0 Å². The molecule has 24 heavy (non-hydrogen) atoms. The highest BCUT2D eigenvalue weighted by Gasteiger charge is 2.43. The molecule has 5 heteroatoms. The first-order chi connectivity index (χ1) is 11.6. The molecular weight excluding hydrogens is 306 g/mol. The lowest BCUT2D eigenvalue weighted by Crippen LogP contribution is -2.45. The molecule has 0 radical (unpaired) electrons. The molecule has 0 aromatic heterocycles. The van der Waals surface area contributed by atoms with Gasteiger partial charge < -0.3 is 20.3 Å². The molecule has 3 N–H and O–H groups in total. The third-order valence-corrected chi connectivity index (χ3v) is 4.57. The molecule has 0 unspecified atom stereocenters. The number of hydrogen-bond acceptors (Lipinski definition) is 4. The van der Waals surface area contributed by atoms with E-state index in [0.717, 1.165) is 11.3 Å². The number of rotatable bonds is 4. The highest BCUT2D eigenvalue weighted by molar-refractivity contribution is 5.94. The molecule has 126 valence electrons. The van der Waals surface area contributed by atoms with Crippen molar-refractivity contribution >= 4 is 5.91 Å². The summed E-state index contributed by atoms with van der Waals surface area (Å²) in [6, 6.07) is 15.8. The maximum Gasteiger partial charge on any atom is 0.251 e. The Bertz CT molecular complexity index is 686. The molecule has 1 amide bonds. The van der Waals surface area contributed by atoms with E-state index in [1.54, 1.807) is 31.4 Å². The largest absolute Gasteiger partial charge is 0.497 e. The number of carbonyl (C=O) groups excluding carboxylic acids is 1. The summed E-state index contributed by atoms with van der Waals surface area (Å²) in [4.78, 5) is 12.4. The van der Waals surface area contributed by atoms with E-state index in [1.165, 1.54) is 0 Å². The van der Waals surface area contributed by atoms with Crippen molar-refractivity contribution in [3.8, 4) is 5.75 Å². The van der Waals surface area contributed by atoms with Gasteiger partial charge >= 0.3 is 0 Å². The van der Waals surface area contributed by atoms with Crippen LogP contribution in [0.25, 0.3) is 0 Å². The van der Waals surface area contributed by atoms with Crippen LogP contribution >= 0.6 is 0 Å². The molecule has 2 aromatic carbocycles. The minimum atomic E-state index is -0.996. The van der Waals surface area contributed by atoms with Crippen LogP contribution in [0.15, 0.2) is 54.6 Å². The van der Waals surface area contributed by atoms with Crippen LogP contribution in [0.2, 0.25) is 0 Å². The van der Waals surface area contributed by atoms with Gasteiger partial charge in [0.2, 0.25) is 0 Å². The van der Waals surface area contributed by atoms with E-state index in [9.17, 15) is 15.0 Å². The number of carbonyl (C=O) groups is 1. The maximum atomic E-state index is 12.4. The molecule has 1 saturated carbocycles. The standard InChI is InChI=1S/C19H21NO4/c1-24-14-9-7-12(8-10-14)15-11-16(21)18(22)17(15)20-19(23)13-5-3-2-4-6-13/h2-10,15-18,21-22H,11H2,1H3,(H,20,23)/t15-,16-,17-,18-/m1/s1. The second-order valence-corrected chi connectivity index (χ2v) is 6.04. The molecule has 0 aliphatic heterocycles. The zero-order chi connectivity index (χ0) is 17.1. The summed E-state index contributed by atoms with van der Waals surface area (Å²) in [5, 5.41) is 23.2. The van der Waals surface area contributed by atoms with Gasteiger partial charge in [0, 0.05) is 11.5 Å². The average Bonchev–Trinajstić information content (AvgIpc) is 2.91. The van der Waals surface area contributed by atoms with E-state index in [1.807, 2.05) is 30.3 Å². The topological polar surface area (TPSA) is 78.8 Å². The number of benzene rings is 2. The van der Waals surface area contributed by atoms with Gasteiger partial charge in [-0.15, -0.1) is 0 Å². The molecule has 5 nitrogen and oxygen atoms in total. The molecular formula is C19H21NO4. The Labute approximate surface area is 140 Å². The second-order valence-electron chi connectivity index (χ2n) is 6.04. The van der Waals surface area contributed by atoms with Gasteiger partial charge in [0.1, 0.15) is 11.9 Å². The van der Waals surface area contributed by atoms with Crippen molar-refractivity contribution in [2.45, 2.75) is 30.6 Å². The molecule has 1 aliphatic carbocycles. The molecule has 0 saturated heterocycles. The van der Waals surface area contributed by atoms with Crippen molar-refractivity contribution in [3.05, 3.63) is 65.7 Å². The van der Waals surface area contributed by atoms with Crippen molar-refractivity contribution < 1.29 is 19.7 Å². The van der Waals surface area contributed by atoms with Crippen LogP contribution in [0.5, 0.6) is 5.75 Å². The number of amides is 1. The summed E-state index contributed by atoms with van der Waals surface area (Å²) in [6.45, 7) is 0. The van der Waals surface area contributed by atoms with Gasteiger partial charge in [-0.1, -0.05) is 30.3 Å². The Balaban J connectivity index is 1.81. The summed E-state index contributed by atoms with van der Waals surface area (Å²) in [6.07, 6.45) is -1.46. The van der Waals surface area contributed by atoms with Crippen LogP contribution in [0, 0.1) is 0 Å². The van der Waals surface area contributed by atoms with Crippen LogP contribution in [0.1, 0.15) is 28.3 Å². The average molecular weight is 327 g/mol. The molecule has 1 aliphatic rings. The van der Waals surface area contributed by atoms with Crippen LogP contribution in [-0.4, -0.2) is 41.5 Å². The Morgan fingerprint density at radius 3 is 2.38 bits per heavy atom. The number of hydrogen-bond donors (Lipinski definition) is 3. The van der Waals surface area contributed by atoms with E-state index in [2.05, 4.69) is 5.32 Å². The highest BCUT2D eigenvalue weighted by atomic mass is 16.5. The third kappa shape index (κ3) is 3.27. The fourth-order valence-electron chi connectivity index (χ4n) is 3.23. The highest BCUT2D eigenvalue weighted by Crippen LogP contribution is 2.36. The molecule has 0 spiro atoms. The van der Waals surface area contributed by atoms with E-state index < -0.39 is 18.2 Å². The van der Waals surface area contributed by atoms with Crippen LogP contribution < -0.4 is 10.1 Å². The number of methoxy groups -OCH3 is 1. The van der Waals surface area contributed by atoms with Gasteiger partial charge in [-0.3, -0.25) is 4.79 Å². The van der Waals surface area contributed by atoms with Crippen molar-refractivity contribution in [2.24, 2.45) is 0 Å². The van der Waals surface area contributed by atoms with Gasteiger partial charge in [0.05, 0.1) is 19.3 Å². The number of ether oxygens (including phenoxy) is 1. The Morgan fingerprint density at radius 2 is 1.75 bits per heavy atom. The molecule has 4 atom stereocenters. The van der Waals surface area contributed by atoms with Gasteiger partial charge in [-0.2, -0.15) is 0 Å². The van der Waals surface area contributed by atoms with Crippen molar-refractivity contribution in [2.75, 3.05) is 7.11 Å². The number of nitrogens with one attached hydrogen (secondary N) is 1. The van der Waals surface area contributed by atoms with Gasteiger partial charge in [-0.25, -0.2) is 0 Å². The summed E-state index contributed by atoms with van der Waals surface area (Å²) >= 11 is 0. The molecule has 1 fully saturated rings. The summed E-state index contributed by atoms with van der Waals surface area (Å²) in [5.74, 6) is 0.323. The maximum absolute atomic E-state index is 12.4. The third-order valence-electron chi connectivity index (χ3n) is 4.57. The smallest absolute Gasteiger partial charge is 0.251 e. The van der Waals surface area contributed by atoms with Crippen LogP contribution in [0.3, 0.4) is 0 Å². The van der Waals surface area contributed by atoms with E-state index in [4.69, 9.17) is 4.74 Å². The van der Waals surface area contributed by atoms with Crippen LogP contribution in [-0.2, 0) is 0 Å². The lowest BCUT2D eigenvalue weighted by Gasteiger charge is -2.24. The lowest BCUT2D eigenvalue weighted by atomic mass is 9.93. The SMILES string of the molecule is COc1ccc([C@H]2C[C@@H](O)[C@@H](O)[C@@H]2NC(=O)c2ccccc2)cc1. The van der Waals surface area contributed by atoms with Gasteiger partial charge in [0.25, 0.3) is 5.91 Å². The first-order valence-corrected chi connectivity index (χ1v) is 7.96. The first-order valence-electron chi connectivity index (χ1n) is 7.96. The summed E-state index contributed by atoms with van der Waals surface area (Å²) < 4.78 is 5.15. The quantitative estimate of drug-likeness (QED) is 0.799. The lowest BCUT2D eigenvalue weighted by molar-refractivity contribution is 0.0294. The fraction of sp³-hybridized carbons (Fsp3) is 0.316. The second kappa shape index (κ2) is 7.03. The molecule has 0 bridgehead atoms. The molecule has 2 aromatic rings. The Hall–Kier alpha value is -2.37. The molecule has 0 heterocycles. The zero-order valence-corrected chi connectivity index (χ0v) is 13.4. The Kier molecular flexibility index (Phi) is 4.83. The van der Waals surface area contributed by atoms with Crippen molar-refractivity contribution in [1.82, 2.24) is 5.32 Å².